The Hall–Kier alpha value is -2.94. The van der Waals surface area contributed by atoms with E-state index < -0.39 is 25.9 Å². The van der Waals surface area contributed by atoms with Gasteiger partial charge in [-0.2, -0.15) is 5.26 Å². The third-order valence-electron chi connectivity index (χ3n) is 6.65. The molecule has 2 fully saturated rings. The number of fused-ring (bicyclic) bond motifs is 2. The molecule has 2 aromatic rings. The van der Waals surface area contributed by atoms with Gasteiger partial charge in [0.15, 0.2) is 9.84 Å². The zero-order chi connectivity index (χ0) is 25.2. The first-order chi connectivity index (χ1) is 16.6. The van der Waals surface area contributed by atoms with Crippen LogP contribution in [0.4, 0.5) is 4.79 Å². The molecule has 2 aromatic carbocycles. The van der Waals surface area contributed by atoms with Crippen LogP contribution in [0, 0.1) is 18.3 Å². The number of rotatable bonds is 7. The monoisotopic (exact) mass is 516 g/mol. The number of nitrogens with one attached hydrogen (secondary N) is 1. The molecule has 2 atom stereocenters. The number of nitriles is 1. The lowest BCUT2D eigenvalue weighted by molar-refractivity contribution is 0.0849. The number of hydrogen-bond acceptors (Lipinski definition) is 7. The van der Waals surface area contributed by atoms with Crippen LogP contribution in [0.25, 0.3) is 0 Å². The van der Waals surface area contributed by atoms with Gasteiger partial charge in [-0.05, 0) is 69.1 Å². The summed E-state index contributed by atoms with van der Waals surface area (Å²) >= 11 is 0. The molecule has 0 aromatic heterocycles. The first-order valence-electron chi connectivity index (χ1n) is 11.5. The van der Waals surface area contributed by atoms with Crippen molar-refractivity contribution in [3.8, 4) is 6.07 Å². The third-order valence-corrected chi connectivity index (χ3v) is 9.80. The summed E-state index contributed by atoms with van der Waals surface area (Å²) in [7, 11) is -7.41. The van der Waals surface area contributed by atoms with E-state index in [1.165, 1.54) is 41.3 Å². The molecule has 186 valence electrons. The summed E-state index contributed by atoms with van der Waals surface area (Å²) in [6, 6.07) is 13.7. The highest BCUT2D eigenvalue weighted by molar-refractivity contribution is 7.91. The minimum atomic E-state index is -3.95. The van der Waals surface area contributed by atoms with E-state index in [0.717, 1.165) is 18.4 Å². The molecule has 2 heterocycles. The molecule has 2 aliphatic heterocycles. The minimum absolute atomic E-state index is 0.00612. The van der Waals surface area contributed by atoms with E-state index in [4.69, 9.17) is 5.26 Å². The molecule has 0 saturated carbocycles. The summed E-state index contributed by atoms with van der Waals surface area (Å²) in [4.78, 5) is 16.8. The van der Waals surface area contributed by atoms with E-state index >= 15 is 0 Å². The molecule has 2 amide bonds. The number of piperazine rings is 1. The average Bonchev–Trinajstić information content (AvgIpc) is 3.05. The largest absolute Gasteiger partial charge is 0.331 e. The molecule has 0 spiro atoms. The number of sulfone groups is 1. The van der Waals surface area contributed by atoms with Crippen LogP contribution >= 0.6 is 0 Å². The molecule has 2 bridgehead atoms. The number of hydrogen-bond donors (Lipinski definition) is 1. The van der Waals surface area contributed by atoms with Crippen LogP contribution in [-0.2, 0) is 19.9 Å². The van der Waals surface area contributed by atoms with Crippen molar-refractivity contribution in [2.45, 2.75) is 48.1 Å². The maximum Gasteiger partial charge on any atom is 0.331 e. The molecule has 11 heteroatoms. The summed E-state index contributed by atoms with van der Waals surface area (Å²) in [5.41, 5.74) is 1.33. The Morgan fingerprint density at radius 2 is 1.54 bits per heavy atom. The Morgan fingerprint density at radius 3 is 2.11 bits per heavy atom. The summed E-state index contributed by atoms with van der Waals surface area (Å²) in [6.45, 7) is 3.23. The maximum absolute atomic E-state index is 12.7. The van der Waals surface area contributed by atoms with Crippen molar-refractivity contribution >= 4 is 25.9 Å². The minimum Gasteiger partial charge on any atom is -0.321 e. The van der Waals surface area contributed by atoms with Crippen molar-refractivity contribution in [3.63, 3.8) is 0 Å². The second-order valence-corrected chi connectivity index (χ2v) is 12.9. The molecule has 35 heavy (non-hydrogen) atoms. The van der Waals surface area contributed by atoms with Gasteiger partial charge < -0.3 is 4.90 Å². The highest BCUT2D eigenvalue weighted by Crippen LogP contribution is 2.30. The van der Waals surface area contributed by atoms with E-state index in [1.807, 2.05) is 13.0 Å². The smallest absolute Gasteiger partial charge is 0.321 e. The number of carbonyl (C=O) groups excluding carboxylic acids is 1. The number of amides is 2. The number of urea groups is 1. The predicted molar refractivity (Wildman–Crippen MR) is 130 cm³/mol. The van der Waals surface area contributed by atoms with Crippen LogP contribution in [-0.4, -0.2) is 70.1 Å². The van der Waals surface area contributed by atoms with Crippen LogP contribution < -0.4 is 4.72 Å². The van der Waals surface area contributed by atoms with Crippen molar-refractivity contribution in [1.82, 2.24) is 14.5 Å². The van der Waals surface area contributed by atoms with Gasteiger partial charge in [0.05, 0.1) is 27.2 Å². The summed E-state index contributed by atoms with van der Waals surface area (Å²) in [5.74, 6) is -0.00612. The first-order valence-corrected chi connectivity index (χ1v) is 14.6. The van der Waals surface area contributed by atoms with Crippen molar-refractivity contribution in [3.05, 3.63) is 59.7 Å². The topological polar surface area (TPSA) is 128 Å². The molecule has 9 nitrogen and oxygen atoms in total. The fraction of sp³-hybridized carbons (Fsp3) is 0.417. The van der Waals surface area contributed by atoms with Gasteiger partial charge in [0.1, 0.15) is 0 Å². The average molecular weight is 517 g/mol. The normalized spacial score (nSPS) is 20.4. The van der Waals surface area contributed by atoms with E-state index in [2.05, 4.69) is 9.62 Å². The van der Waals surface area contributed by atoms with Gasteiger partial charge in [0.2, 0.25) is 0 Å². The third kappa shape index (κ3) is 5.66. The number of nitrogens with zero attached hydrogens (tertiary/aromatic N) is 3. The van der Waals surface area contributed by atoms with Gasteiger partial charge in [-0.15, -0.1) is 0 Å². The van der Waals surface area contributed by atoms with Gasteiger partial charge in [-0.25, -0.2) is 26.4 Å². The van der Waals surface area contributed by atoms with Crippen LogP contribution in [0.3, 0.4) is 0 Å². The number of benzene rings is 2. The van der Waals surface area contributed by atoms with E-state index in [1.54, 1.807) is 12.1 Å². The number of sulfonamides is 1. The zero-order valence-corrected chi connectivity index (χ0v) is 21.1. The Balaban J connectivity index is 1.32. The first kappa shape index (κ1) is 25.2. The lowest BCUT2D eigenvalue weighted by Gasteiger charge is -2.40. The molecular weight excluding hydrogens is 488 g/mol. The van der Waals surface area contributed by atoms with Gasteiger partial charge in [0, 0.05) is 25.2 Å². The quantitative estimate of drug-likeness (QED) is 0.598. The molecule has 1 N–H and O–H groups in total. The second-order valence-electron chi connectivity index (χ2n) is 9.06. The number of likely N-dealkylation sites (tertiary alicyclic amines) is 1. The standard InChI is InChI=1S/C24H28N4O5S2/c1-18-3-9-23(10-4-18)35(32,33)26-24(29)27-16-20-7-8-21(17-27)28(20)13-2-14-34(30,31)22-11-5-19(15-25)6-12-22/h3-6,9-12,20-21H,2,7-8,13-14,16-17H2,1H3,(H,26,29). The second kappa shape index (κ2) is 9.97. The lowest BCUT2D eigenvalue weighted by Crippen LogP contribution is -2.58. The van der Waals surface area contributed by atoms with Crippen LogP contribution in [0.1, 0.15) is 30.4 Å². The molecular formula is C24H28N4O5S2. The van der Waals surface area contributed by atoms with E-state index in [9.17, 15) is 21.6 Å². The fourth-order valence-corrected chi connectivity index (χ4v) is 7.04. The summed E-state index contributed by atoms with van der Waals surface area (Å²) in [6.07, 6.45) is 2.20. The van der Waals surface area contributed by atoms with Crippen molar-refractivity contribution in [2.75, 3.05) is 25.4 Å². The number of aryl methyl sites for hydroxylation is 1. The van der Waals surface area contributed by atoms with Crippen LogP contribution in [0.2, 0.25) is 0 Å². The van der Waals surface area contributed by atoms with E-state index in [-0.39, 0.29) is 27.6 Å². The molecule has 2 unspecified atom stereocenters. The van der Waals surface area contributed by atoms with Gasteiger partial charge in [0.25, 0.3) is 10.0 Å². The molecule has 2 aliphatic rings. The lowest BCUT2D eigenvalue weighted by atomic mass is 10.2. The summed E-state index contributed by atoms with van der Waals surface area (Å²) in [5, 5.41) is 8.88. The van der Waals surface area contributed by atoms with Gasteiger partial charge in [-0.1, -0.05) is 17.7 Å². The Morgan fingerprint density at radius 1 is 0.971 bits per heavy atom. The Labute approximate surface area is 206 Å². The Kier molecular flexibility index (Phi) is 7.17. The highest BCUT2D eigenvalue weighted by Gasteiger charge is 2.41. The van der Waals surface area contributed by atoms with Crippen molar-refractivity contribution in [2.24, 2.45) is 0 Å². The zero-order valence-electron chi connectivity index (χ0n) is 19.4. The van der Waals surface area contributed by atoms with Crippen LogP contribution in [0.5, 0.6) is 0 Å². The molecule has 4 rings (SSSR count). The van der Waals surface area contributed by atoms with Crippen molar-refractivity contribution < 1.29 is 21.6 Å². The van der Waals surface area contributed by atoms with E-state index in [0.29, 0.717) is 31.6 Å². The Bertz CT molecular complexity index is 1320. The predicted octanol–water partition coefficient (Wildman–Crippen LogP) is 2.28. The summed E-state index contributed by atoms with van der Waals surface area (Å²) < 4.78 is 52.6. The van der Waals surface area contributed by atoms with Crippen molar-refractivity contribution in [1.29, 1.82) is 5.26 Å². The van der Waals surface area contributed by atoms with Gasteiger partial charge in [-0.3, -0.25) is 4.90 Å². The molecule has 0 radical (unpaired) electrons. The molecule has 0 aliphatic carbocycles. The molecule has 2 saturated heterocycles. The van der Waals surface area contributed by atoms with Crippen LogP contribution in [0.15, 0.2) is 58.3 Å². The van der Waals surface area contributed by atoms with Gasteiger partial charge >= 0.3 is 6.03 Å². The maximum atomic E-state index is 12.7. The SMILES string of the molecule is Cc1ccc(S(=O)(=O)NC(=O)N2CC3CCC(C2)N3CCCS(=O)(=O)c2ccc(C#N)cc2)cc1. The highest BCUT2D eigenvalue weighted by atomic mass is 32.2. The number of carbonyl (C=O) groups is 1. The fourth-order valence-electron chi connectivity index (χ4n) is 4.77.